The monoisotopic (exact) mass is 417 g/mol. The van der Waals surface area contributed by atoms with Crippen molar-refractivity contribution in [1.82, 2.24) is 0 Å². The number of primary amides is 1. The van der Waals surface area contributed by atoms with Crippen molar-refractivity contribution in [3.8, 4) is 5.75 Å². The van der Waals surface area contributed by atoms with Crippen molar-refractivity contribution in [2.75, 3.05) is 29.9 Å². The van der Waals surface area contributed by atoms with E-state index in [0.717, 1.165) is 17.8 Å². The number of para-hydroxylation sites is 2. The molecule has 0 saturated carbocycles. The second-order valence-corrected chi connectivity index (χ2v) is 7.26. The van der Waals surface area contributed by atoms with Gasteiger partial charge in [-0.1, -0.05) is 12.1 Å². The lowest BCUT2D eigenvalue weighted by Crippen LogP contribution is -2.38. The minimum Gasteiger partial charge on any atom is -0.491 e. The summed E-state index contributed by atoms with van der Waals surface area (Å²) in [6.45, 7) is 1.52. The fourth-order valence-electron chi connectivity index (χ4n) is 3.48. The molecule has 0 aromatic heterocycles. The maximum atomic E-state index is 13.5. The van der Waals surface area contributed by atoms with Gasteiger partial charge in [0.25, 0.3) is 0 Å². The van der Waals surface area contributed by atoms with Crippen LogP contribution in [-0.2, 0) is 9.59 Å². The lowest BCUT2D eigenvalue weighted by molar-refractivity contribution is -0.122. The largest absolute Gasteiger partial charge is 0.491 e. The molecule has 30 heavy (non-hydrogen) atoms. The standard InChI is InChI=1S/C22H25F2N3O3/c23-16-7-8-20(17(24)14-16)30-13-3-6-21(28)26-18-4-1-2-5-19(18)27-11-9-15(10-12-27)22(25)29/h1-2,4-5,7-8,14-15H,3,6,9-13H2,(H2,25,29)(H,26,28). The van der Waals surface area contributed by atoms with Gasteiger partial charge >= 0.3 is 0 Å². The summed E-state index contributed by atoms with van der Waals surface area (Å²) < 4.78 is 31.7. The van der Waals surface area contributed by atoms with Crippen LogP contribution in [0, 0.1) is 17.6 Å². The molecule has 3 N–H and O–H groups in total. The molecule has 1 fully saturated rings. The molecule has 0 spiro atoms. The Bertz CT molecular complexity index is 899. The topological polar surface area (TPSA) is 84.7 Å². The quantitative estimate of drug-likeness (QED) is 0.644. The molecule has 6 nitrogen and oxygen atoms in total. The number of nitrogens with one attached hydrogen (secondary N) is 1. The van der Waals surface area contributed by atoms with Crippen LogP contribution < -0.4 is 20.7 Å². The second kappa shape index (κ2) is 10.0. The lowest BCUT2D eigenvalue weighted by atomic mass is 9.96. The van der Waals surface area contributed by atoms with E-state index < -0.39 is 11.6 Å². The molecule has 1 aliphatic rings. The number of carbonyl (C=O) groups excluding carboxylic acids is 2. The number of anilines is 2. The van der Waals surface area contributed by atoms with Gasteiger partial charge in [-0.05, 0) is 43.5 Å². The molecule has 0 atom stereocenters. The maximum Gasteiger partial charge on any atom is 0.224 e. The average molecular weight is 417 g/mol. The summed E-state index contributed by atoms with van der Waals surface area (Å²) in [4.78, 5) is 25.8. The minimum atomic E-state index is -0.770. The highest BCUT2D eigenvalue weighted by molar-refractivity contribution is 5.94. The van der Waals surface area contributed by atoms with Gasteiger partial charge in [-0.2, -0.15) is 0 Å². The number of rotatable bonds is 8. The van der Waals surface area contributed by atoms with E-state index in [0.29, 0.717) is 38.0 Å². The van der Waals surface area contributed by atoms with Crippen molar-refractivity contribution in [1.29, 1.82) is 0 Å². The Morgan fingerprint density at radius 1 is 1.13 bits per heavy atom. The molecule has 0 bridgehead atoms. The van der Waals surface area contributed by atoms with E-state index in [1.165, 1.54) is 6.07 Å². The number of amides is 2. The number of piperidine rings is 1. The maximum absolute atomic E-state index is 13.5. The summed E-state index contributed by atoms with van der Waals surface area (Å²) in [6, 6.07) is 10.6. The van der Waals surface area contributed by atoms with E-state index in [9.17, 15) is 18.4 Å². The molecule has 2 amide bonds. The van der Waals surface area contributed by atoms with Gasteiger partial charge in [0.05, 0.1) is 18.0 Å². The summed E-state index contributed by atoms with van der Waals surface area (Å²) in [5, 5.41) is 2.91. The summed E-state index contributed by atoms with van der Waals surface area (Å²) in [6.07, 6.45) is 1.96. The number of halogens is 2. The highest BCUT2D eigenvalue weighted by Crippen LogP contribution is 2.30. The molecule has 8 heteroatoms. The summed E-state index contributed by atoms with van der Waals surface area (Å²) in [5.74, 6) is -2.03. The van der Waals surface area contributed by atoms with Gasteiger partial charge in [0.2, 0.25) is 11.8 Å². The molecule has 1 heterocycles. The molecule has 160 valence electrons. The Morgan fingerprint density at radius 3 is 2.57 bits per heavy atom. The third-order valence-electron chi connectivity index (χ3n) is 5.12. The normalized spacial score (nSPS) is 14.4. The predicted octanol–water partition coefficient (Wildman–Crippen LogP) is 3.46. The van der Waals surface area contributed by atoms with Crippen LogP contribution in [0.2, 0.25) is 0 Å². The summed E-state index contributed by atoms with van der Waals surface area (Å²) >= 11 is 0. The van der Waals surface area contributed by atoms with Gasteiger partial charge in [0.15, 0.2) is 11.6 Å². The Balaban J connectivity index is 1.49. The number of nitrogens with two attached hydrogens (primary N) is 1. The molecule has 2 aromatic rings. The van der Waals surface area contributed by atoms with Crippen molar-refractivity contribution in [2.24, 2.45) is 11.7 Å². The summed E-state index contributed by atoms with van der Waals surface area (Å²) in [7, 11) is 0. The first-order valence-corrected chi connectivity index (χ1v) is 9.95. The van der Waals surface area contributed by atoms with E-state index >= 15 is 0 Å². The fourth-order valence-corrected chi connectivity index (χ4v) is 3.48. The Kier molecular flexibility index (Phi) is 7.21. The molecule has 0 radical (unpaired) electrons. The van der Waals surface area contributed by atoms with Crippen LogP contribution in [0.5, 0.6) is 5.75 Å². The zero-order chi connectivity index (χ0) is 21.5. The highest BCUT2D eigenvalue weighted by atomic mass is 19.1. The lowest BCUT2D eigenvalue weighted by Gasteiger charge is -2.33. The van der Waals surface area contributed by atoms with Gasteiger partial charge in [0, 0.05) is 31.5 Å². The van der Waals surface area contributed by atoms with Crippen LogP contribution in [0.15, 0.2) is 42.5 Å². The fraction of sp³-hybridized carbons (Fsp3) is 0.364. The zero-order valence-electron chi connectivity index (χ0n) is 16.6. The number of ether oxygens (including phenoxy) is 1. The average Bonchev–Trinajstić information content (AvgIpc) is 2.73. The SMILES string of the molecule is NC(=O)C1CCN(c2ccccc2NC(=O)CCCOc2ccc(F)cc2F)CC1. The zero-order valence-corrected chi connectivity index (χ0v) is 16.6. The first-order valence-electron chi connectivity index (χ1n) is 9.95. The van der Waals surface area contributed by atoms with E-state index in [1.807, 2.05) is 24.3 Å². The van der Waals surface area contributed by atoms with Crippen molar-refractivity contribution in [3.63, 3.8) is 0 Å². The van der Waals surface area contributed by atoms with Crippen molar-refractivity contribution in [2.45, 2.75) is 25.7 Å². The third-order valence-corrected chi connectivity index (χ3v) is 5.12. The van der Waals surface area contributed by atoms with E-state index in [1.54, 1.807) is 0 Å². The van der Waals surface area contributed by atoms with Crippen LogP contribution >= 0.6 is 0 Å². The molecule has 3 rings (SSSR count). The van der Waals surface area contributed by atoms with Gasteiger partial charge in [-0.25, -0.2) is 8.78 Å². The number of benzene rings is 2. The van der Waals surface area contributed by atoms with E-state index in [4.69, 9.17) is 10.5 Å². The number of carbonyl (C=O) groups is 2. The van der Waals surface area contributed by atoms with E-state index in [-0.39, 0.29) is 36.5 Å². The van der Waals surface area contributed by atoms with Crippen LogP contribution in [0.4, 0.5) is 20.2 Å². The molecular formula is C22H25F2N3O3. The molecule has 1 aliphatic heterocycles. The molecule has 2 aromatic carbocycles. The first-order chi connectivity index (χ1) is 14.4. The Hall–Kier alpha value is -3.16. The number of hydrogen-bond donors (Lipinski definition) is 2. The van der Waals surface area contributed by atoms with Crippen LogP contribution in [-0.4, -0.2) is 31.5 Å². The second-order valence-electron chi connectivity index (χ2n) is 7.26. The smallest absolute Gasteiger partial charge is 0.224 e. The van der Waals surface area contributed by atoms with Gasteiger partial charge in [-0.3, -0.25) is 9.59 Å². The molecule has 0 aliphatic carbocycles. The van der Waals surface area contributed by atoms with Crippen molar-refractivity contribution < 1.29 is 23.1 Å². The van der Waals surface area contributed by atoms with Gasteiger partial charge < -0.3 is 20.7 Å². The number of hydrogen-bond acceptors (Lipinski definition) is 4. The number of nitrogens with zero attached hydrogens (tertiary/aromatic N) is 1. The molecular weight excluding hydrogens is 392 g/mol. The van der Waals surface area contributed by atoms with Crippen LogP contribution in [0.1, 0.15) is 25.7 Å². The van der Waals surface area contributed by atoms with Crippen LogP contribution in [0.3, 0.4) is 0 Å². The Morgan fingerprint density at radius 2 is 1.87 bits per heavy atom. The minimum absolute atomic E-state index is 0.0403. The Labute approximate surface area is 174 Å². The van der Waals surface area contributed by atoms with Crippen LogP contribution in [0.25, 0.3) is 0 Å². The molecule has 1 saturated heterocycles. The highest BCUT2D eigenvalue weighted by Gasteiger charge is 2.24. The van der Waals surface area contributed by atoms with E-state index in [2.05, 4.69) is 10.2 Å². The van der Waals surface area contributed by atoms with Gasteiger partial charge in [-0.15, -0.1) is 0 Å². The molecule has 0 unspecified atom stereocenters. The van der Waals surface area contributed by atoms with Crippen molar-refractivity contribution in [3.05, 3.63) is 54.1 Å². The predicted molar refractivity (Wildman–Crippen MR) is 110 cm³/mol. The van der Waals surface area contributed by atoms with Gasteiger partial charge in [0.1, 0.15) is 5.82 Å². The van der Waals surface area contributed by atoms with Crippen molar-refractivity contribution >= 4 is 23.2 Å². The first kappa shape index (κ1) is 21.5. The third kappa shape index (κ3) is 5.68. The summed E-state index contributed by atoms with van der Waals surface area (Å²) in [5.41, 5.74) is 7.00.